The summed E-state index contributed by atoms with van der Waals surface area (Å²) in [7, 11) is 0. The molecule has 0 bridgehead atoms. The fraction of sp³-hybridized carbons (Fsp3) is 0. The first-order valence-electron chi connectivity index (χ1n) is 6.34. The van der Waals surface area contributed by atoms with Crippen LogP contribution in [0.2, 0.25) is 0 Å². The molecule has 0 atom stereocenters. The van der Waals surface area contributed by atoms with Gasteiger partial charge in [-0.2, -0.15) is 0 Å². The molecule has 0 heterocycles. The minimum absolute atomic E-state index is 0.124. The summed E-state index contributed by atoms with van der Waals surface area (Å²) in [6.07, 6.45) is 0.581. The molecule has 104 valence electrons. The van der Waals surface area contributed by atoms with E-state index in [1.54, 1.807) is 30.3 Å². The maximum Gasteiger partial charge on any atom is 0.153 e. The number of aromatic hydroxyl groups is 2. The van der Waals surface area contributed by atoms with Crippen LogP contribution >= 0.6 is 0 Å². The highest BCUT2D eigenvalue weighted by Gasteiger charge is 2.04. The van der Waals surface area contributed by atoms with E-state index in [0.717, 1.165) is 10.8 Å². The Hall–Kier alpha value is -3.01. The summed E-state index contributed by atoms with van der Waals surface area (Å²) in [4.78, 5) is 10.7. The normalized spacial score (nSPS) is 10.5. The molecule has 0 unspecified atom stereocenters. The van der Waals surface area contributed by atoms with E-state index in [9.17, 15) is 15.0 Å². The fourth-order valence-electron chi connectivity index (χ4n) is 2.10. The Labute approximate surface area is 120 Å². The molecule has 0 saturated carbocycles. The summed E-state index contributed by atoms with van der Waals surface area (Å²) in [6, 6.07) is 15.0. The van der Waals surface area contributed by atoms with Crippen LogP contribution in [0.3, 0.4) is 0 Å². The lowest BCUT2D eigenvalue weighted by Crippen LogP contribution is -1.87. The largest absolute Gasteiger partial charge is 0.508 e. The number of fused-ring (bicyclic) bond motifs is 1. The Morgan fingerprint density at radius 3 is 2.29 bits per heavy atom. The number of benzene rings is 3. The van der Waals surface area contributed by atoms with Crippen LogP contribution in [0.25, 0.3) is 10.8 Å². The highest BCUT2D eigenvalue weighted by atomic mass is 16.5. The number of aldehydes is 1. The van der Waals surface area contributed by atoms with E-state index in [1.807, 2.05) is 12.1 Å². The van der Waals surface area contributed by atoms with Crippen LogP contribution in [0, 0.1) is 0 Å². The molecule has 0 aliphatic carbocycles. The van der Waals surface area contributed by atoms with E-state index in [1.165, 1.54) is 12.1 Å². The van der Waals surface area contributed by atoms with Crippen molar-refractivity contribution < 1.29 is 19.7 Å². The molecule has 3 aromatic carbocycles. The van der Waals surface area contributed by atoms with Crippen molar-refractivity contribution in [1.29, 1.82) is 0 Å². The van der Waals surface area contributed by atoms with Gasteiger partial charge in [0.15, 0.2) is 6.29 Å². The number of hydrogen-bond acceptors (Lipinski definition) is 4. The number of carbonyl (C=O) groups is 1. The first-order chi connectivity index (χ1) is 10.2. The zero-order valence-electron chi connectivity index (χ0n) is 11.0. The van der Waals surface area contributed by atoms with Gasteiger partial charge in [0.1, 0.15) is 23.0 Å². The molecule has 0 saturated heterocycles. The maximum absolute atomic E-state index is 10.7. The van der Waals surface area contributed by atoms with Gasteiger partial charge in [0.05, 0.1) is 5.56 Å². The van der Waals surface area contributed by atoms with Crippen LogP contribution in [-0.4, -0.2) is 16.5 Å². The molecule has 3 aromatic rings. The average molecular weight is 280 g/mol. The van der Waals surface area contributed by atoms with Crippen molar-refractivity contribution in [1.82, 2.24) is 0 Å². The molecule has 21 heavy (non-hydrogen) atoms. The Morgan fingerprint density at radius 2 is 1.52 bits per heavy atom. The van der Waals surface area contributed by atoms with Crippen molar-refractivity contribution in [3.63, 3.8) is 0 Å². The summed E-state index contributed by atoms with van der Waals surface area (Å²) < 4.78 is 5.65. The zero-order chi connectivity index (χ0) is 14.8. The van der Waals surface area contributed by atoms with Gasteiger partial charge in [0, 0.05) is 6.07 Å². The third kappa shape index (κ3) is 2.65. The first-order valence-corrected chi connectivity index (χ1v) is 6.34. The van der Waals surface area contributed by atoms with E-state index in [-0.39, 0.29) is 17.1 Å². The van der Waals surface area contributed by atoms with Gasteiger partial charge >= 0.3 is 0 Å². The van der Waals surface area contributed by atoms with Crippen molar-refractivity contribution in [2.75, 3.05) is 0 Å². The molecular formula is C17H12O4. The predicted molar refractivity (Wildman–Crippen MR) is 79.2 cm³/mol. The maximum atomic E-state index is 10.7. The second kappa shape index (κ2) is 5.17. The van der Waals surface area contributed by atoms with Gasteiger partial charge in [-0.15, -0.1) is 0 Å². The summed E-state index contributed by atoms with van der Waals surface area (Å²) >= 11 is 0. The van der Waals surface area contributed by atoms with Crippen molar-refractivity contribution in [2.45, 2.75) is 0 Å². The van der Waals surface area contributed by atoms with Crippen molar-refractivity contribution in [3.05, 3.63) is 60.2 Å². The lowest BCUT2D eigenvalue weighted by atomic mass is 10.1. The third-order valence-corrected chi connectivity index (χ3v) is 3.16. The topological polar surface area (TPSA) is 66.8 Å². The van der Waals surface area contributed by atoms with Gasteiger partial charge in [-0.1, -0.05) is 12.1 Å². The number of phenols is 2. The van der Waals surface area contributed by atoms with Gasteiger partial charge < -0.3 is 14.9 Å². The van der Waals surface area contributed by atoms with Gasteiger partial charge in [0.2, 0.25) is 0 Å². The van der Waals surface area contributed by atoms with Crippen LogP contribution in [0.5, 0.6) is 23.0 Å². The fourth-order valence-corrected chi connectivity index (χ4v) is 2.10. The molecule has 0 fully saturated rings. The number of hydrogen-bond donors (Lipinski definition) is 2. The van der Waals surface area contributed by atoms with Crippen molar-refractivity contribution in [3.8, 4) is 23.0 Å². The number of ether oxygens (including phenoxy) is 1. The van der Waals surface area contributed by atoms with Gasteiger partial charge in [0.25, 0.3) is 0 Å². The minimum atomic E-state index is -0.124. The standard InChI is InChI=1S/C17H12O4/c18-10-12-3-6-16(9-17(12)20)21-15-5-2-11-1-4-14(19)7-13(11)8-15/h1-10,19-20H. The minimum Gasteiger partial charge on any atom is -0.508 e. The van der Waals surface area contributed by atoms with Crippen molar-refractivity contribution >= 4 is 17.1 Å². The van der Waals surface area contributed by atoms with Crippen molar-refractivity contribution in [2.24, 2.45) is 0 Å². The number of carbonyl (C=O) groups excluding carboxylic acids is 1. The van der Waals surface area contributed by atoms with Gasteiger partial charge in [-0.05, 0) is 47.2 Å². The smallest absolute Gasteiger partial charge is 0.153 e. The van der Waals surface area contributed by atoms with Crippen LogP contribution in [0.15, 0.2) is 54.6 Å². The quantitative estimate of drug-likeness (QED) is 0.715. The molecule has 0 amide bonds. The second-order valence-corrected chi connectivity index (χ2v) is 4.63. The lowest BCUT2D eigenvalue weighted by molar-refractivity contribution is 0.112. The molecule has 4 nitrogen and oxygen atoms in total. The molecule has 3 rings (SSSR count). The van der Waals surface area contributed by atoms with Crippen LogP contribution in [0.4, 0.5) is 0 Å². The summed E-state index contributed by atoms with van der Waals surface area (Å²) in [6.45, 7) is 0. The Morgan fingerprint density at radius 1 is 0.810 bits per heavy atom. The van der Waals surface area contributed by atoms with E-state index < -0.39 is 0 Å². The Kier molecular flexibility index (Phi) is 3.20. The molecular weight excluding hydrogens is 268 g/mol. The highest BCUT2D eigenvalue weighted by molar-refractivity contribution is 5.85. The second-order valence-electron chi connectivity index (χ2n) is 4.63. The number of rotatable bonds is 3. The van der Waals surface area contributed by atoms with Crippen LogP contribution in [-0.2, 0) is 0 Å². The molecule has 0 aliphatic heterocycles. The summed E-state index contributed by atoms with van der Waals surface area (Å²) in [5.74, 6) is 1.07. The van der Waals surface area contributed by atoms with E-state index in [4.69, 9.17) is 4.74 Å². The lowest BCUT2D eigenvalue weighted by Gasteiger charge is -2.08. The van der Waals surface area contributed by atoms with E-state index in [2.05, 4.69) is 0 Å². The average Bonchev–Trinajstić information content (AvgIpc) is 2.47. The molecule has 0 radical (unpaired) electrons. The predicted octanol–water partition coefficient (Wildman–Crippen LogP) is 3.86. The van der Waals surface area contributed by atoms with Gasteiger partial charge in [-0.3, -0.25) is 4.79 Å². The Bertz CT molecular complexity index is 824. The Balaban J connectivity index is 1.94. The molecule has 0 aliphatic rings. The number of phenolic OH excluding ortho intramolecular Hbond substituents is 2. The van der Waals surface area contributed by atoms with Gasteiger partial charge in [-0.25, -0.2) is 0 Å². The molecule has 4 heteroatoms. The molecule has 0 aromatic heterocycles. The third-order valence-electron chi connectivity index (χ3n) is 3.16. The summed E-state index contributed by atoms with van der Waals surface area (Å²) in [5.41, 5.74) is 0.214. The monoisotopic (exact) mass is 280 g/mol. The van der Waals surface area contributed by atoms with Crippen LogP contribution in [0.1, 0.15) is 10.4 Å². The first kappa shape index (κ1) is 13.0. The van der Waals surface area contributed by atoms with E-state index >= 15 is 0 Å². The molecule has 0 spiro atoms. The van der Waals surface area contributed by atoms with E-state index in [0.29, 0.717) is 17.8 Å². The van der Waals surface area contributed by atoms with Crippen LogP contribution < -0.4 is 4.74 Å². The highest BCUT2D eigenvalue weighted by Crippen LogP contribution is 2.30. The molecule has 2 N–H and O–H groups in total. The summed E-state index contributed by atoms with van der Waals surface area (Å²) in [5, 5.41) is 21.0. The zero-order valence-corrected chi connectivity index (χ0v) is 11.0. The SMILES string of the molecule is O=Cc1ccc(Oc2ccc3ccc(O)cc3c2)cc1O.